The Bertz CT molecular complexity index is 389. The molecule has 1 heterocycles. The van der Waals surface area contributed by atoms with Gasteiger partial charge in [0.05, 0.1) is 0 Å². The number of nitrogens with zero attached hydrogens (tertiary/aromatic N) is 3. The fraction of sp³-hybridized carbons (Fsp3) is 0.714. The lowest BCUT2D eigenvalue weighted by Gasteiger charge is -2.25. The molecule has 0 spiro atoms. The normalized spacial score (nSPS) is 19.0. The van der Waals surface area contributed by atoms with Crippen LogP contribution >= 0.6 is 0 Å². The molecule has 4 heteroatoms. The van der Waals surface area contributed by atoms with Gasteiger partial charge in [0.25, 0.3) is 0 Å². The van der Waals surface area contributed by atoms with Crippen molar-refractivity contribution in [1.29, 1.82) is 0 Å². The number of aromatic nitrogens is 2. The van der Waals surface area contributed by atoms with E-state index in [9.17, 15) is 0 Å². The summed E-state index contributed by atoms with van der Waals surface area (Å²) in [4.78, 5) is 11.4. The molecule has 1 aromatic heterocycles. The molecule has 0 bridgehead atoms. The first-order valence-electron chi connectivity index (χ1n) is 6.93. The lowest BCUT2D eigenvalue weighted by atomic mass is 9.92. The van der Waals surface area contributed by atoms with Crippen LogP contribution in [0.4, 0.5) is 0 Å². The Labute approximate surface area is 110 Å². The first-order chi connectivity index (χ1) is 8.70. The molecule has 0 aliphatic heterocycles. The Hall–Kier alpha value is -1.00. The Morgan fingerprint density at radius 3 is 3.00 bits per heavy atom. The van der Waals surface area contributed by atoms with Crippen LogP contribution < -0.4 is 5.32 Å². The van der Waals surface area contributed by atoms with E-state index in [-0.39, 0.29) is 0 Å². The van der Waals surface area contributed by atoms with Gasteiger partial charge < -0.3 is 10.2 Å². The Balaban J connectivity index is 2.11. The van der Waals surface area contributed by atoms with Gasteiger partial charge >= 0.3 is 0 Å². The second kappa shape index (κ2) is 6.25. The molecule has 0 saturated heterocycles. The molecular formula is C14H24N4. The predicted octanol–water partition coefficient (Wildman–Crippen LogP) is 1.57. The number of fused-ring (bicyclic) bond motifs is 1. The zero-order valence-electron chi connectivity index (χ0n) is 11.7. The minimum atomic E-state index is 0.460. The van der Waals surface area contributed by atoms with E-state index in [1.165, 1.54) is 24.1 Å². The summed E-state index contributed by atoms with van der Waals surface area (Å²) in [6, 6.07) is 0.460. The SMILES string of the molecule is CCNC1CCCc2nc(CCN(C)C)ncc21. The van der Waals surface area contributed by atoms with Crippen LogP contribution in [0, 0.1) is 0 Å². The van der Waals surface area contributed by atoms with Gasteiger partial charge in [-0.15, -0.1) is 0 Å². The predicted molar refractivity (Wildman–Crippen MR) is 73.6 cm³/mol. The summed E-state index contributed by atoms with van der Waals surface area (Å²) < 4.78 is 0. The smallest absolute Gasteiger partial charge is 0.129 e. The highest BCUT2D eigenvalue weighted by Crippen LogP contribution is 2.27. The highest BCUT2D eigenvalue weighted by Gasteiger charge is 2.21. The number of likely N-dealkylation sites (N-methyl/N-ethyl adjacent to an activating group) is 1. The molecule has 1 N–H and O–H groups in total. The van der Waals surface area contributed by atoms with Crippen LogP contribution in [-0.2, 0) is 12.8 Å². The van der Waals surface area contributed by atoms with Crippen molar-refractivity contribution in [2.45, 2.75) is 38.6 Å². The van der Waals surface area contributed by atoms with E-state index in [0.717, 1.165) is 31.8 Å². The lowest BCUT2D eigenvalue weighted by molar-refractivity contribution is 0.407. The molecule has 0 aromatic carbocycles. The number of hydrogen-bond acceptors (Lipinski definition) is 4. The molecule has 1 unspecified atom stereocenters. The van der Waals surface area contributed by atoms with Crippen LogP contribution in [0.15, 0.2) is 6.20 Å². The van der Waals surface area contributed by atoms with E-state index in [1.54, 1.807) is 0 Å². The fourth-order valence-electron chi connectivity index (χ4n) is 2.49. The van der Waals surface area contributed by atoms with E-state index < -0.39 is 0 Å². The molecule has 0 fully saturated rings. The van der Waals surface area contributed by atoms with Gasteiger partial charge in [0.1, 0.15) is 5.82 Å². The van der Waals surface area contributed by atoms with Crippen molar-refractivity contribution in [2.24, 2.45) is 0 Å². The molecule has 18 heavy (non-hydrogen) atoms. The molecule has 2 rings (SSSR count). The second-order valence-corrected chi connectivity index (χ2v) is 5.24. The third-order valence-corrected chi connectivity index (χ3v) is 3.46. The number of rotatable bonds is 5. The molecule has 4 nitrogen and oxygen atoms in total. The Kier molecular flexibility index (Phi) is 4.66. The molecule has 0 saturated carbocycles. The highest BCUT2D eigenvalue weighted by molar-refractivity contribution is 5.24. The van der Waals surface area contributed by atoms with Gasteiger partial charge in [0, 0.05) is 36.5 Å². The molecule has 1 aliphatic carbocycles. The van der Waals surface area contributed by atoms with E-state index in [4.69, 9.17) is 4.98 Å². The van der Waals surface area contributed by atoms with Crippen LogP contribution in [0.2, 0.25) is 0 Å². The third kappa shape index (κ3) is 3.27. The average Bonchev–Trinajstić information content (AvgIpc) is 2.37. The Morgan fingerprint density at radius 2 is 2.28 bits per heavy atom. The highest BCUT2D eigenvalue weighted by atomic mass is 15.1. The maximum Gasteiger partial charge on any atom is 0.129 e. The van der Waals surface area contributed by atoms with Gasteiger partial charge in [-0.1, -0.05) is 6.92 Å². The number of aryl methyl sites for hydroxylation is 1. The summed E-state index contributed by atoms with van der Waals surface area (Å²) in [5.74, 6) is 0.986. The van der Waals surface area contributed by atoms with Gasteiger partial charge in [-0.2, -0.15) is 0 Å². The quantitative estimate of drug-likeness (QED) is 0.859. The van der Waals surface area contributed by atoms with Gasteiger partial charge in [-0.05, 0) is 39.9 Å². The van der Waals surface area contributed by atoms with Crippen molar-refractivity contribution in [3.63, 3.8) is 0 Å². The topological polar surface area (TPSA) is 41.1 Å². The van der Waals surface area contributed by atoms with Crippen LogP contribution in [0.3, 0.4) is 0 Å². The lowest BCUT2D eigenvalue weighted by Crippen LogP contribution is -2.26. The average molecular weight is 248 g/mol. The maximum atomic E-state index is 4.74. The molecular weight excluding hydrogens is 224 g/mol. The molecule has 1 aromatic rings. The van der Waals surface area contributed by atoms with Crippen molar-refractivity contribution in [1.82, 2.24) is 20.2 Å². The van der Waals surface area contributed by atoms with Crippen molar-refractivity contribution in [2.75, 3.05) is 27.2 Å². The van der Waals surface area contributed by atoms with Gasteiger partial charge in [-0.3, -0.25) is 0 Å². The summed E-state index contributed by atoms with van der Waals surface area (Å²) in [6.07, 6.45) is 6.52. The largest absolute Gasteiger partial charge is 0.310 e. The molecule has 0 amide bonds. The van der Waals surface area contributed by atoms with Crippen molar-refractivity contribution in [3.05, 3.63) is 23.3 Å². The van der Waals surface area contributed by atoms with Crippen molar-refractivity contribution >= 4 is 0 Å². The summed E-state index contributed by atoms with van der Waals surface area (Å²) in [7, 11) is 4.17. The first-order valence-corrected chi connectivity index (χ1v) is 6.93. The second-order valence-electron chi connectivity index (χ2n) is 5.24. The fourth-order valence-corrected chi connectivity index (χ4v) is 2.49. The van der Waals surface area contributed by atoms with E-state index >= 15 is 0 Å². The van der Waals surface area contributed by atoms with E-state index in [2.05, 4.69) is 36.2 Å². The van der Waals surface area contributed by atoms with Gasteiger partial charge in [0.15, 0.2) is 0 Å². The number of hydrogen-bond donors (Lipinski definition) is 1. The first kappa shape index (κ1) is 13.4. The van der Waals surface area contributed by atoms with Crippen molar-refractivity contribution < 1.29 is 0 Å². The van der Waals surface area contributed by atoms with Gasteiger partial charge in [0.2, 0.25) is 0 Å². The van der Waals surface area contributed by atoms with E-state index in [1.807, 2.05) is 6.20 Å². The summed E-state index contributed by atoms with van der Waals surface area (Å²) in [5.41, 5.74) is 2.58. The van der Waals surface area contributed by atoms with Crippen molar-refractivity contribution in [3.8, 4) is 0 Å². The minimum absolute atomic E-state index is 0.460. The molecule has 100 valence electrons. The monoisotopic (exact) mass is 248 g/mol. The summed E-state index contributed by atoms with van der Waals surface area (Å²) >= 11 is 0. The van der Waals surface area contributed by atoms with Crippen LogP contribution in [0.1, 0.15) is 42.9 Å². The van der Waals surface area contributed by atoms with Crippen LogP contribution in [-0.4, -0.2) is 42.1 Å². The third-order valence-electron chi connectivity index (χ3n) is 3.46. The standard InChI is InChI=1S/C14H24N4/c1-4-15-12-6-5-7-13-11(12)10-16-14(17-13)8-9-18(2)3/h10,12,15H,4-9H2,1-3H3. The summed E-state index contributed by atoms with van der Waals surface area (Å²) in [6.45, 7) is 4.17. The van der Waals surface area contributed by atoms with Crippen LogP contribution in [0.25, 0.3) is 0 Å². The molecule has 0 radical (unpaired) electrons. The van der Waals surface area contributed by atoms with Gasteiger partial charge in [-0.25, -0.2) is 9.97 Å². The van der Waals surface area contributed by atoms with E-state index in [0.29, 0.717) is 6.04 Å². The number of nitrogens with one attached hydrogen (secondary N) is 1. The molecule has 1 atom stereocenters. The summed E-state index contributed by atoms with van der Waals surface area (Å²) in [5, 5.41) is 3.52. The zero-order chi connectivity index (χ0) is 13.0. The minimum Gasteiger partial charge on any atom is -0.310 e. The van der Waals surface area contributed by atoms with Crippen LogP contribution in [0.5, 0.6) is 0 Å². The molecule has 1 aliphatic rings. The maximum absolute atomic E-state index is 4.74. The zero-order valence-corrected chi connectivity index (χ0v) is 11.7. The Morgan fingerprint density at radius 1 is 1.44 bits per heavy atom.